The monoisotopic (exact) mass is 252 g/mol. The molecule has 0 aliphatic heterocycles. The van der Waals surface area contributed by atoms with E-state index in [0.717, 1.165) is 7.11 Å². The third-order valence-electron chi connectivity index (χ3n) is 2.11. The third kappa shape index (κ3) is 2.23. The summed E-state index contributed by atoms with van der Waals surface area (Å²) in [5.41, 5.74) is -2.38. The topological polar surface area (TPSA) is 46.5 Å². The number of carbonyl (C=O) groups is 1. The number of hydrogen-bond donors (Lipinski definition) is 1. The second-order valence-electron chi connectivity index (χ2n) is 3.07. The first-order valence-corrected chi connectivity index (χ1v) is 4.49. The molecular formula is C10H8F4O3. The number of esters is 1. The molecule has 1 rings (SSSR count). The van der Waals surface area contributed by atoms with Gasteiger partial charge in [0.1, 0.15) is 5.56 Å². The largest absolute Gasteiger partial charge is 0.465 e. The normalized spacial score (nSPS) is 10.5. The van der Waals surface area contributed by atoms with Crippen molar-refractivity contribution in [1.29, 1.82) is 0 Å². The Kier molecular flexibility index (Phi) is 4.06. The van der Waals surface area contributed by atoms with E-state index in [4.69, 9.17) is 5.11 Å². The molecule has 0 bridgehead atoms. The SMILES string of the molecule is COC(=O)c1c(F)c(F)c(CCO)c(F)c1F. The first-order valence-electron chi connectivity index (χ1n) is 4.49. The highest BCUT2D eigenvalue weighted by molar-refractivity contribution is 5.90. The lowest BCUT2D eigenvalue weighted by molar-refractivity contribution is 0.0586. The fourth-order valence-electron chi connectivity index (χ4n) is 1.29. The molecule has 0 spiro atoms. The molecule has 1 N–H and O–H groups in total. The highest BCUT2D eigenvalue weighted by atomic mass is 19.2. The summed E-state index contributed by atoms with van der Waals surface area (Å²) < 4.78 is 57.2. The van der Waals surface area contributed by atoms with Gasteiger partial charge in [0.2, 0.25) is 0 Å². The van der Waals surface area contributed by atoms with Gasteiger partial charge in [0, 0.05) is 18.6 Å². The predicted octanol–water partition coefficient (Wildman–Crippen LogP) is 1.56. The number of ether oxygens (including phenoxy) is 1. The maximum Gasteiger partial charge on any atom is 0.344 e. The number of halogens is 4. The van der Waals surface area contributed by atoms with E-state index in [2.05, 4.69) is 4.74 Å². The minimum Gasteiger partial charge on any atom is -0.465 e. The molecule has 0 atom stereocenters. The Hall–Kier alpha value is -1.63. The highest BCUT2D eigenvalue weighted by Crippen LogP contribution is 2.25. The van der Waals surface area contributed by atoms with Crippen LogP contribution in [0.1, 0.15) is 15.9 Å². The third-order valence-corrected chi connectivity index (χ3v) is 2.11. The Morgan fingerprint density at radius 2 is 1.59 bits per heavy atom. The molecule has 7 heteroatoms. The molecule has 1 aromatic carbocycles. The molecule has 0 aliphatic rings. The molecule has 17 heavy (non-hydrogen) atoms. The zero-order valence-corrected chi connectivity index (χ0v) is 8.69. The summed E-state index contributed by atoms with van der Waals surface area (Å²) in [5.74, 6) is -8.61. The molecule has 3 nitrogen and oxygen atoms in total. The van der Waals surface area contributed by atoms with Gasteiger partial charge in [0.15, 0.2) is 23.3 Å². The highest BCUT2D eigenvalue weighted by Gasteiger charge is 2.29. The van der Waals surface area contributed by atoms with Gasteiger partial charge in [-0.3, -0.25) is 0 Å². The van der Waals surface area contributed by atoms with Gasteiger partial charge in [-0.15, -0.1) is 0 Å². The molecule has 0 radical (unpaired) electrons. The maximum atomic E-state index is 13.3. The summed E-state index contributed by atoms with van der Waals surface area (Å²) >= 11 is 0. The molecule has 0 aromatic heterocycles. The molecule has 0 amide bonds. The minimum absolute atomic E-state index is 0.604. The van der Waals surface area contributed by atoms with Crippen LogP contribution in [0, 0.1) is 23.3 Å². The summed E-state index contributed by atoms with van der Waals surface area (Å²) in [4.78, 5) is 10.9. The number of hydrogen-bond acceptors (Lipinski definition) is 3. The summed E-state index contributed by atoms with van der Waals surface area (Å²) in [6.45, 7) is -0.690. The molecule has 0 unspecified atom stereocenters. The lowest BCUT2D eigenvalue weighted by Crippen LogP contribution is -2.15. The second-order valence-corrected chi connectivity index (χ2v) is 3.07. The Morgan fingerprint density at radius 3 is 1.94 bits per heavy atom. The maximum absolute atomic E-state index is 13.3. The van der Waals surface area contributed by atoms with Crippen molar-refractivity contribution in [1.82, 2.24) is 0 Å². The summed E-state index contributed by atoms with van der Waals surface area (Å²) in [5, 5.41) is 8.51. The number of carbonyl (C=O) groups excluding carboxylic acids is 1. The van der Waals surface area contributed by atoms with Gasteiger partial charge in [-0.25, -0.2) is 22.4 Å². The van der Waals surface area contributed by atoms with E-state index < -0.39 is 53.4 Å². The average Bonchev–Trinajstić information content (AvgIpc) is 2.32. The van der Waals surface area contributed by atoms with Crippen LogP contribution in [0.5, 0.6) is 0 Å². The van der Waals surface area contributed by atoms with Gasteiger partial charge in [-0.05, 0) is 0 Å². The van der Waals surface area contributed by atoms with E-state index in [1.54, 1.807) is 0 Å². The number of rotatable bonds is 3. The number of methoxy groups -OCH3 is 1. The fraction of sp³-hybridized carbons (Fsp3) is 0.300. The van der Waals surface area contributed by atoms with Crippen LogP contribution >= 0.6 is 0 Å². The van der Waals surface area contributed by atoms with Gasteiger partial charge < -0.3 is 9.84 Å². The zero-order chi connectivity index (χ0) is 13.2. The van der Waals surface area contributed by atoms with Crippen LogP contribution in [0.2, 0.25) is 0 Å². The van der Waals surface area contributed by atoms with E-state index in [9.17, 15) is 22.4 Å². The number of benzene rings is 1. The van der Waals surface area contributed by atoms with Crippen molar-refractivity contribution in [3.63, 3.8) is 0 Å². The molecule has 1 aromatic rings. The molecule has 0 aliphatic carbocycles. The number of aliphatic hydroxyl groups excluding tert-OH is 1. The van der Waals surface area contributed by atoms with Crippen LogP contribution in [0.4, 0.5) is 17.6 Å². The van der Waals surface area contributed by atoms with Gasteiger partial charge >= 0.3 is 5.97 Å². The summed E-state index contributed by atoms with van der Waals surface area (Å²) in [6.07, 6.45) is -0.604. The van der Waals surface area contributed by atoms with Crippen LogP contribution in [-0.2, 0) is 11.2 Å². The van der Waals surface area contributed by atoms with Crippen molar-refractivity contribution in [3.8, 4) is 0 Å². The van der Waals surface area contributed by atoms with Gasteiger partial charge in [0.05, 0.1) is 7.11 Å². The fourth-order valence-corrected chi connectivity index (χ4v) is 1.29. The molecule has 94 valence electrons. The quantitative estimate of drug-likeness (QED) is 0.504. The van der Waals surface area contributed by atoms with Crippen LogP contribution in [-0.4, -0.2) is 24.8 Å². The van der Waals surface area contributed by atoms with Gasteiger partial charge in [0.25, 0.3) is 0 Å². The van der Waals surface area contributed by atoms with Crippen molar-refractivity contribution in [2.24, 2.45) is 0 Å². The van der Waals surface area contributed by atoms with Gasteiger partial charge in [-0.1, -0.05) is 0 Å². The van der Waals surface area contributed by atoms with Crippen LogP contribution in [0.25, 0.3) is 0 Å². The molecule has 0 fully saturated rings. The zero-order valence-electron chi connectivity index (χ0n) is 8.69. The number of aliphatic hydroxyl groups is 1. The van der Waals surface area contributed by atoms with Crippen molar-refractivity contribution in [2.75, 3.05) is 13.7 Å². The van der Waals surface area contributed by atoms with Crippen molar-refractivity contribution in [3.05, 3.63) is 34.4 Å². The van der Waals surface area contributed by atoms with E-state index in [1.807, 2.05) is 0 Å². The second kappa shape index (κ2) is 5.13. The van der Waals surface area contributed by atoms with E-state index in [0.29, 0.717) is 0 Å². The van der Waals surface area contributed by atoms with Crippen LogP contribution in [0.3, 0.4) is 0 Å². The molecule has 0 saturated heterocycles. The molecule has 0 saturated carbocycles. The Morgan fingerprint density at radius 1 is 1.12 bits per heavy atom. The molecular weight excluding hydrogens is 244 g/mol. The van der Waals surface area contributed by atoms with Gasteiger partial charge in [-0.2, -0.15) is 0 Å². The summed E-state index contributed by atoms with van der Waals surface area (Å²) in [6, 6.07) is 0. The Bertz CT molecular complexity index is 430. The minimum atomic E-state index is -1.83. The molecule has 0 heterocycles. The average molecular weight is 252 g/mol. The summed E-state index contributed by atoms with van der Waals surface area (Å²) in [7, 11) is 0.818. The van der Waals surface area contributed by atoms with Crippen molar-refractivity contribution >= 4 is 5.97 Å². The first kappa shape index (κ1) is 13.4. The van der Waals surface area contributed by atoms with E-state index in [-0.39, 0.29) is 0 Å². The lowest BCUT2D eigenvalue weighted by Gasteiger charge is -2.09. The van der Waals surface area contributed by atoms with Crippen molar-refractivity contribution < 1.29 is 32.2 Å². The Balaban J connectivity index is 3.52. The van der Waals surface area contributed by atoms with Crippen LogP contribution < -0.4 is 0 Å². The van der Waals surface area contributed by atoms with E-state index in [1.165, 1.54) is 0 Å². The Labute approximate surface area is 93.6 Å². The van der Waals surface area contributed by atoms with Crippen molar-refractivity contribution in [2.45, 2.75) is 6.42 Å². The predicted molar refractivity (Wildman–Crippen MR) is 48.4 cm³/mol. The lowest BCUT2D eigenvalue weighted by atomic mass is 10.1. The van der Waals surface area contributed by atoms with E-state index >= 15 is 0 Å². The standard InChI is InChI=1S/C10H8F4O3/c1-17-10(16)5-8(13)6(11)4(2-3-15)7(12)9(5)14/h15H,2-3H2,1H3. The first-order chi connectivity index (χ1) is 7.95. The smallest absolute Gasteiger partial charge is 0.344 e. The van der Waals surface area contributed by atoms with Crippen LogP contribution in [0.15, 0.2) is 0 Å².